The summed E-state index contributed by atoms with van der Waals surface area (Å²) in [6, 6.07) is 11.3. The van der Waals surface area contributed by atoms with Crippen LogP contribution in [0.15, 0.2) is 59.0 Å². The summed E-state index contributed by atoms with van der Waals surface area (Å²) in [7, 11) is 0. The number of anilines is 1. The highest BCUT2D eigenvalue weighted by Crippen LogP contribution is 2.21. The van der Waals surface area contributed by atoms with E-state index < -0.39 is 0 Å². The van der Waals surface area contributed by atoms with Gasteiger partial charge in [-0.05, 0) is 5.56 Å². The maximum atomic E-state index is 11.4. The molecule has 0 aliphatic rings. The minimum Gasteiger partial charge on any atom is -0.385 e. The highest BCUT2D eigenvalue weighted by atomic mass is 32.2. The van der Waals surface area contributed by atoms with Crippen molar-refractivity contribution in [1.82, 2.24) is 9.55 Å². The zero-order valence-electron chi connectivity index (χ0n) is 10.5. The predicted octanol–water partition coefficient (Wildman–Crippen LogP) is 2.30. The Labute approximate surface area is 116 Å². The molecule has 2 aromatic rings. The summed E-state index contributed by atoms with van der Waals surface area (Å²) >= 11 is 1.49. The van der Waals surface area contributed by atoms with Crippen molar-refractivity contribution in [2.75, 3.05) is 5.73 Å². The molecule has 0 saturated carbocycles. The Bertz CT molecular complexity index is 622. The van der Waals surface area contributed by atoms with Crippen LogP contribution in [0.1, 0.15) is 5.56 Å². The lowest BCUT2D eigenvalue weighted by Crippen LogP contribution is -2.17. The van der Waals surface area contributed by atoms with Crippen molar-refractivity contribution in [3.05, 3.63) is 65.0 Å². The minimum absolute atomic E-state index is 0.312. The Kier molecular flexibility index (Phi) is 4.41. The summed E-state index contributed by atoms with van der Waals surface area (Å²) in [4.78, 5) is 15.4. The molecule has 2 N–H and O–H groups in total. The molecule has 0 bridgehead atoms. The maximum Gasteiger partial charge on any atom is 0.275 e. The van der Waals surface area contributed by atoms with Crippen molar-refractivity contribution in [2.45, 2.75) is 17.5 Å². The topological polar surface area (TPSA) is 60.9 Å². The average Bonchev–Trinajstić information content (AvgIpc) is 2.41. The monoisotopic (exact) mass is 273 g/mol. The van der Waals surface area contributed by atoms with Crippen LogP contribution in [0.4, 0.5) is 5.82 Å². The van der Waals surface area contributed by atoms with Crippen molar-refractivity contribution in [2.24, 2.45) is 0 Å². The smallest absolute Gasteiger partial charge is 0.275 e. The summed E-state index contributed by atoms with van der Waals surface area (Å²) in [5.74, 6) is 1.16. The lowest BCUT2D eigenvalue weighted by atomic mass is 10.2. The lowest BCUT2D eigenvalue weighted by Gasteiger charge is -2.12. The molecule has 2 rings (SSSR count). The third-order valence-electron chi connectivity index (χ3n) is 2.54. The van der Waals surface area contributed by atoms with E-state index in [1.54, 1.807) is 10.6 Å². The summed E-state index contributed by atoms with van der Waals surface area (Å²) < 4.78 is 1.78. The molecule has 1 aromatic carbocycles. The number of nitrogen functional groups attached to an aromatic ring is 1. The van der Waals surface area contributed by atoms with Crippen LogP contribution >= 0.6 is 11.8 Å². The Morgan fingerprint density at radius 2 is 2.11 bits per heavy atom. The number of benzene rings is 1. The van der Waals surface area contributed by atoms with Crippen LogP contribution in [0, 0.1) is 0 Å². The van der Waals surface area contributed by atoms with Crippen molar-refractivity contribution in [3.63, 3.8) is 0 Å². The van der Waals surface area contributed by atoms with Crippen molar-refractivity contribution >= 4 is 17.6 Å². The van der Waals surface area contributed by atoms with Crippen molar-refractivity contribution < 1.29 is 0 Å². The van der Waals surface area contributed by atoms with Gasteiger partial charge in [0.05, 0.1) is 0 Å². The fourth-order valence-corrected chi connectivity index (χ4v) is 2.63. The van der Waals surface area contributed by atoms with Gasteiger partial charge in [0, 0.05) is 18.4 Å². The van der Waals surface area contributed by atoms with Gasteiger partial charge in [-0.2, -0.15) is 4.98 Å². The molecule has 0 unspecified atom stereocenters. The van der Waals surface area contributed by atoms with Crippen LogP contribution in [0.5, 0.6) is 0 Å². The van der Waals surface area contributed by atoms with E-state index in [9.17, 15) is 4.79 Å². The highest BCUT2D eigenvalue weighted by molar-refractivity contribution is 7.98. The number of rotatable bonds is 5. The maximum absolute atomic E-state index is 11.4. The largest absolute Gasteiger partial charge is 0.385 e. The first kappa shape index (κ1) is 13.4. The molecule has 1 heterocycles. The molecule has 98 valence electrons. The molecule has 0 fully saturated rings. The molecule has 0 spiro atoms. The van der Waals surface area contributed by atoms with Crippen LogP contribution in [0.25, 0.3) is 0 Å². The first-order valence-corrected chi connectivity index (χ1v) is 6.84. The molecule has 0 radical (unpaired) electrons. The molecule has 1 aromatic heterocycles. The molecule has 0 saturated heterocycles. The number of aromatic nitrogens is 2. The van der Waals surface area contributed by atoms with Crippen LogP contribution in [0.2, 0.25) is 0 Å². The van der Waals surface area contributed by atoms with E-state index in [2.05, 4.69) is 11.6 Å². The van der Waals surface area contributed by atoms with Crippen LogP contribution in [0.3, 0.4) is 0 Å². The van der Waals surface area contributed by atoms with Gasteiger partial charge in [-0.25, -0.2) is 0 Å². The van der Waals surface area contributed by atoms with Gasteiger partial charge in [-0.3, -0.25) is 4.79 Å². The van der Waals surface area contributed by atoms with Gasteiger partial charge < -0.3 is 10.3 Å². The van der Waals surface area contributed by atoms with Gasteiger partial charge in [0.25, 0.3) is 5.56 Å². The summed E-state index contributed by atoms with van der Waals surface area (Å²) in [6.45, 7) is 4.23. The number of allylic oxidation sites excluding steroid dienone is 1. The van der Waals surface area contributed by atoms with Gasteiger partial charge in [0.2, 0.25) is 0 Å². The Morgan fingerprint density at radius 1 is 1.37 bits per heavy atom. The van der Waals surface area contributed by atoms with Crippen molar-refractivity contribution in [3.8, 4) is 0 Å². The molecule has 0 aliphatic heterocycles. The molecule has 0 aliphatic carbocycles. The van der Waals surface area contributed by atoms with E-state index in [1.807, 2.05) is 30.3 Å². The lowest BCUT2D eigenvalue weighted by molar-refractivity contribution is 0.688. The predicted molar refractivity (Wildman–Crippen MR) is 79.1 cm³/mol. The third-order valence-corrected chi connectivity index (χ3v) is 3.59. The Morgan fingerprint density at radius 3 is 2.79 bits per heavy atom. The third kappa shape index (κ3) is 3.48. The Balaban J connectivity index is 2.23. The van der Waals surface area contributed by atoms with E-state index in [4.69, 9.17) is 5.73 Å². The molecule has 5 heteroatoms. The molecule has 0 amide bonds. The second-order valence-electron chi connectivity index (χ2n) is 3.98. The van der Waals surface area contributed by atoms with Gasteiger partial charge in [-0.1, -0.05) is 48.2 Å². The van der Waals surface area contributed by atoms with E-state index in [0.29, 0.717) is 17.5 Å². The number of hydrogen-bond acceptors (Lipinski definition) is 4. The minimum atomic E-state index is -0.312. The van der Waals surface area contributed by atoms with Crippen LogP contribution in [-0.2, 0) is 12.3 Å². The Hall–Kier alpha value is -2.01. The first-order chi connectivity index (χ1) is 9.20. The number of hydrogen-bond donors (Lipinski definition) is 1. The highest BCUT2D eigenvalue weighted by Gasteiger charge is 2.07. The fraction of sp³-hybridized carbons (Fsp3) is 0.143. The number of nitrogens with zero attached hydrogens (tertiary/aromatic N) is 2. The number of nitrogens with two attached hydrogens (primary N) is 1. The van der Waals surface area contributed by atoms with Crippen LogP contribution in [-0.4, -0.2) is 9.55 Å². The number of thioether (sulfide) groups is 1. The standard InChI is InChI=1S/C14H15N3OS/c1-2-8-17-12(15)9-13(18)16-14(17)19-10-11-6-4-3-5-7-11/h2-7,9H,1,8,10,15H2. The van der Waals surface area contributed by atoms with Gasteiger partial charge in [-0.15, -0.1) is 6.58 Å². The molecule has 0 atom stereocenters. The van der Waals surface area contributed by atoms with E-state index >= 15 is 0 Å². The SMILES string of the molecule is C=CCn1c(N)cc(=O)nc1SCc1ccccc1. The second-order valence-corrected chi connectivity index (χ2v) is 4.92. The molecule has 4 nitrogen and oxygen atoms in total. The first-order valence-electron chi connectivity index (χ1n) is 5.85. The van der Waals surface area contributed by atoms with Crippen LogP contribution < -0.4 is 11.3 Å². The zero-order valence-corrected chi connectivity index (χ0v) is 11.3. The summed E-state index contributed by atoms with van der Waals surface area (Å²) in [5.41, 5.74) is 6.70. The fourth-order valence-electron chi connectivity index (χ4n) is 1.65. The van der Waals surface area contributed by atoms with E-state index in [0.717, 1.165) is 5.75 Å². The van der Waals surface area contributed by atoms with Gasteiger partial charge in [0.1, 0.15) is 5.82 Å². The van der Waals surface area contributed by atoms with E-state index in [1.165, 1.54) is 23.4 Å². The summed E-state index contributed by atoms with van der Waals surface area (Å²) in [6.07, 6.45) is 1.73. The van der Waals surface area contributed by atoms with Gasteiger partial charge in [0.15, 0.2) is 5.16 Å². The van der Waals surface area contributed by atoms with Crippen molar-refractivity contribution in [1.29, 1.82) is 0 Å². The summed E-state index contributed by atoms with van der Waals surface area (Å²) in [5, 5.41) is 0.619. The second kappa shape index (κ2) is 6.24. The molecular formula is C14H15N3OS. The molecular weight excluding hydrogens is 258 g/mol. The van der Waals surface area contributed by atoms with E-state index in [-0.39, 0.29) is 5.56 Å². The quantitative estimate of drug-likeness (QED) is 0.516. The average molecular weight is 273 g/mol. The zero-order chi connectivity index (χ0) is 13.7. The normalized spacial score (nSPS) is 10.3. The van der Waals surface area contributed by atoms with Gasteiger partial charge >= 0.3 is 0 Å². The molecule has 19 heavy (non-hydrogen) atoms.